The molecule has 0 spiro atoms. The van der Waals surface area contributed by atoms with Gasteiger partial charge in [-0.05, 0) is 209 Å². The minimum absolute atomic E-state index is 0.00760. The van der Waals surface area contributed by atoms with Crippen molar-refractivity contribution in [2.75, 3.05) is 16.0 Å². The number of halogens is 5. The van der Waals surface area contributed by atoms with Crippen LogP contribution in [0.5, 0.6) is 0 Å². The number of ketones is 3. The van der Waals surface area contributed by atoms with E-state index in [-0.39, 0.29) is 61.6 Å². The van der Waals surface area contributed by atoms with E-state index in [9.17, 15) is 66.5 Å². The summed E-state index contributed by atoms with van der Waals surface area (Å²) in [5.41, 5.74) is 4.78. The van der Waals surface area contributed by atoms with Gasteiger partial charge in [0.1, 0.15) is 28.8 Å². The molecule has 4 atom stereocenters. The summed E-state index contributed by atoms with van der Waals surface area (Å²) in [6.45, 7) is 11.7. The average molecular weight is 1310 g/mol. The molecule has 2 fully saturated rings. The van der Waals surface area contributed by atoms with Crippen LogP contribution in [0.2, 0.25) is 10.0 Å². The fraction of sp³-hybridized carbons (Fsp3) is 0.418. The van der Waals surface area contributed by atoms with Gasteiger partial charge in [0.2, 0.25) is 0 Å². The van der Waals surface area contributed by atoms with Crippen molar-refractivity contribution in [3.8, 4) is 0 Å². The van der Waals surface area contributed by atoms with Gasteiger partial charge in [-0.25, -0.2) is 13.2 Å². The minimum Gasteiger partial charge on any atom is -0.391 e. The fourth-order valence-corrected chi connectivity index (χ4v) is 13.1. The number of anilines is 3. The third-order valence-corrected chi connectivity index (χ3v) is 17.8. The van der Waals surface area contributed by atoms with Crippen molar-refractivity contribution < 1.29 is 66.5 Å². The fourth-order valence-electron chi connectivity index (χ4n) is 12.4. The number of carbonyl (C=O) groups excluding carboxylic acids is 9. The Balaban J connectivity index is 0.000000164. The Kier molecular flexibility index (Phi) is 21.2. The molecule has 20 nitrogen and oxygen atoms in total. The number of rotatable bonds is 14. The van der Waals surface area contributed by atoms with Gasteiger partial charge in [0.25, 0.3) is 52.8 Å². The second-order valence-electron chi connectivity index (χ2n) is 24.9. The van der Waals surface area contributed by atoms with E-state index in [2.05, 4.69) is 31.9 Å². The molecule has 6 amide bonds. The van der Waals surface area contributed by atoms with Gasteiger partial charge in [-0.2, -0.15) is 0 Å². The van der Waals surface area contributed by atoms with Gasteiger partial charge >= 0.3 is 0 Å². The van der Waals surface area contributed by atoms with Gasteiger partial charge in [-0.3, -0.25) is 43.2 Å². The van der Waals surface area contributed by atoms with Gasteiger partial charge in [-0.1, -0.05) is 23.2 Å². The molecule has 8 N–H and O–H groups in total. The van der Waals surface area contributed by atoms with Crippen LogP contribution in [0.1, 0.15) is 188 Å². The number of aliphatic hydroxyl groups is 2. The SMILES string of the molecule is Cc1cc(NC(=O)c2c(Cl)c(C(=O)C(=O)N[C@H]3CCC[C@@H]3O)n3c2CCCC3)ccc1F.Cc1cc(NC(=O)c2c(Cl)c(C(=O)C(=O)N[C@H]3CCC[C@H]3O)n3c2CCCC3)ccc1F.Cc1cc(NC(=O)c2cc(C(=O)C(=O)NC(C)(C)C)n3c2CCC3)ccc1F. The van der Waals surface area contributed by atoms with Crippen LogP contribution in [0.4, 0.5) is 30.2 Å². The Labute approximate surface area is 539 Å². The predicted octanol–water partition coefficient (Wildman–Crippen LogP) is 10.0. The van der Waals surface area contributed by atoms with E-state index in [0.29, 0.717) is 115 Å². The van der Waals surface area contributed by atoms with Crippen LogP contribution in [0, 0.1) is 38.2 Å². The van der Waals surface area contributed by atoms with Gasteiger partial charge in [0, 0.05) is 59.3 Å². The summed E-state index contributed by atoms with van der Waals surface area (Å²) in [7, 11) is 0. The third-order valence-electron chi connectivity index (χ3n) is 17.0. The highest BCUT2D eigenvalue weighted by Crippen LogP contribution is 2.36. The van der Waals surface area contributed by atoms with Crippen molar-refractivity contribution in [3.63, 3.8) is 0 Å². The van der Waals surface area contributed by atoms with Crippen LogP contribution in [-0.4, -0.2) is 107 Å². The molecule has 2 aliphatic carbocycles. The van der Waals surface area contributed by atoms with Crippen LogP contribution in [0.3, 0.4) is 0 Å². The van der Waals surface area contributed by atoms with Crippen molar-refractivity contribution in [1.29, 1.82) is 0 Å². The number of hydrogen-bond acceptors (Lipinski definition) is 11. The number of benzene rings is 3. The summed E-state index contributed by atoms with van der Waals surface area (Å²) in [4.78, 5) is 115. The highest BCUT2D eigenvalue weighted by Gasteiger charge is 2.39. The molecule has 488 valence electrons. The molecule has 3 aromatic heterocycles. The van der Waals surface area contributed by atoms with Crippen molar-refractivity contribution in [2.45, 2.75) is 181 Å². The number of aromatic nitrogens is 3. The minimum atomic E-state index is -0.843. The van der Waals surface area contributed by atoms with Crippen molar-refractivity contribution in [3.05, 3.63) is 156 Å². The molecular formula is C67H74Cl2F3N9O11. The molecular weight excluding hydrogens is 1230 g/mol. The molecule has 5 aliphatic rings. The number of aryl methyl sites for hydroxylation is 3. The maximum Gasteiger partial charge on any atom is 0.294 e. The molecule has 25 heteroatoms. The molecule has 3 aromatic carbocycles. The summed E-state index contributed by atoms with van der Waals surface area (Å²) in [6, 6.07) is 13.3. The Morgan fingerprint density at radius 3 is 1.25 bits per heavy atom. The topological polar surface area (TPSA) is 281 Å². The molecule has 3 aliphatic heterocycles. The zero-order chi connectivity index (χ0) is 66.6. The summed E-state index contributed by atoms with van der Waals surface area (Å²) < 4.78 is 45.6. The number of nitrogens with one attached hydrogen (secondary N) is 6. The Morgan fingerprint density at radius 1 is 0.478 bits per heavy atom. The second kappa shape index (κ2) is 28.6. The number of amides is 6. The van der Waals surface area contributed by atoms with E-state index in [1.165, 1.54) is 54.6 Å². The molecule has 0 bridgehead atoms. The van der Waals surface area contributed by atoms with E-state index in [4.69, 9.17) is 23.2 Å². The number of carbonyl (C=O) groups is 9. The molecule has 92 heavy (non-hydrogen) atoms. The molecule has 2 saturated carbocycles. The lowest BCUT2D eigenvalue weighted by atomic mass is 10.1. The molecule has 0 unspecified atom stereocenters. The lowest BCUT2D eigenvalue weighted by Gasteiger charge is -2.19. The number of aliphatic hydroxyl groups excluding tert-OH is 2. The first-order valence-corrected chi connectivity index (χ1v) is 31.6. The van der Waals surface area contributed by atoms with Crippen LogP contribution in [-0.2, 0) is 53.3 Å². The standard InChI is InChI=1S/2C23H25ClFN3O4.C21H24FN3O3/c2*1-12-11-13(8-9-14(12)25)26-22(31)18-16-6-2-3-10-28(16)20(19(18)24)21(30)23(32)27-15-5-4-7-17(15)29;1-12-10-13(7-8-15(12)22)23-19(27)14-11-17(25-9-5-6-16(14)25)18(26)20(28)24-21(2,3)4/h2*8-9,11,15,17,29H,2-7,10H2,1H3,(H,26,31)(H,27,32);7-8,10-11H,5-6,9H2,1-4H3,(H,23,27)(H,24,28)/t15-,17+;15-,17-;/m00./s1. The zero-order valence-corrected chi connectivity index (χ0v) is 53.4. The van der Waals surface area contributed by atoms with E-state index in [1.807, 2.05) is 0 Å². The van der Waals surface area contributed by atoms with Gasteiger partial charge in [0.05, 0.1) is 56.7 Å². The third kappa shape index (κ3) is 15.1. The Morgan fingerprint density at radius 2 is 0.870 bits per heavy atom. The van der Waals surface area contributed by atoms with E-state index in [0.717, 1.165) is 50.6 Å². The monoisotopic (exact) mass is 1310 g/mol. The normalized spacial score (nSPS) is 17.9. The molecule has 6 aromatic rings. The van der Waals surface area contributed by atoms with Gasteiger partial charge < -0.3 is 55.8 Å². The molecule has 0 radical (unpaired) electrons. The summed E-state index contributed by atoms with van der Waals surface area (Å²) in [5, 5.41) is 35.8. The van der Waals surface area contributed by atoms with E-state index < -0.39 is 76.7 Å². The quantitative estimate of drug-likeness (QED) is 0.0375. The van der Waals surface area contributed by atoms with Crippen LogP contribution >= 0.6 is 23.2 Å². The number of nitrogens with zero attached hydrogens (tertiary/aromatic N) is 3. The highest BCUT2D eigenvalue weighted by molar-refractivity contribution is 6.49. The van der Waals surface area contributed by atoms with Gasteiger partial charge in [0.15, 0.2) is 0 Å². The number of hydrogen-bond donors (Lipinski definition) is 8. The van der Waals surface area contributed by atoms with Crippen LogP contribution in [0.25, 0.3) is 0 Å². The maximum absolute atomic E-state index is 13.6. The summed E-state index contributed by atoms with van der Waals surface area (Å²) in [5.74, 6) is -7.21. The van der Waals surface area contributed by atoms with Crippen molar-refractivity contribution in [2.24, 2.45) is 0 Å². The first-order chi connectivity index (χ1) is 43.6. The van der Waals surface area contributed by atoms with E-state index >= 15 is 0 Å². The Bertz CT molecular complexity index is 3790. The van der Waals surface area contributed by atoms with Crippen LogP contribution in [0.15, 0.2) is 60.7 Å². The smallest absolute Gasteiger partial charge is 0.294 e. The Hall–Kier alpha value is -8.38. The first-order valence-electron chi connectivity index (χ1n) is 30.8. The number of fused-ring (bicyclic) bond motifs is 3. The largest absolute Gasteiger partial charge is 0.391 e. The summed E-state index contributed by atoms with van der Waals surface area (Å²) in [6.07, 6.45) is 8.32. The average Bonchev–Trinajstić information content (AvgIpc) is 1.63. The molecule has 11 rings (SSSR count). The van der Waals surface area contributed by atoms with Crippen molar-refractivity contribution in [1.82, 2.24) is 29.7 Å². The zero-order valence-electron chi connectivity index (χ0n) is 51.9. The van der Waals surface area contributed by atoms with Crippen LogP contribution < -0.4 is 31.9 Å². The highest BCUT2D eigenvalue weighted by atomic mass is 35.5. The first kappa shape index (κ1) is 68.0. The van der Waals surface area contributed by atoms with Crippen molar-refractivity contribution >= 4 is 93.1 Å². The van der Waals surface area contributed by atoms with Gasteiger partial charge in [-0.15, -0.1) is 0 Å². The lowest BCUT2D eigenvalue weighted by Crippen LogP contribution is -2.44. The lowest BCUT2D eigenvalue weighted by molar-refractivity contribution is -0.119. The predicted molar refractivity (Wildman–Crippen MR) is 339 cm³/mol. The second-order valence-corrected chi connectivity index (χ2v) is 25.7. The number of Topliss-reactive ketones (excluding diaryl/α,β-unsaturated/α-hetero) is 3. The maximum atomic E-state index is 13.6. The molecule has 0 saturated heterocycles. The summed E-state index contributed by atoms with van der Waals surface area (Å²) >= 11 is 13.1. The van der Waals surface area contributed by atoms with E-state index in [1.54, 1.807) is 61.3 Å². The molecule has 6 heterocycles.